The Kier molecular flexibility index (Phi) is 5.74. The third kappa shape index (κ3) is 4.32. The lowest BCUT2D eigenvalue weighted by Crippen LogP contribution is -2.11. The first-order valence-electron chi connectivity index (χ1n) is 8.87. The molecule has 0 aliphatic carbocycles. The third-order valence-electron chi connectivity index (χ3n) is 4.19. The molecular formula is C21H21F3N4O. The summed E-state index contributed by atoms with van der Waals surface area (Å²) < 4.78 is 43.8. The maximum Gasteiger partial charge on any atom is 0.206 e. The molecular weight excluding hydrogens is 381 g/mol. The van der Waals surface area contributed by atoms with Gasteiger partial charge in [-0.05, 0) is 31.8 Å². The fourth-order valence-electron chi connectivity index (χ4n) is 3.02. The predicted molar refractivity (Wildman–Crippen MR) is 105 cm³/mol. The summed E-state index contributed by atoms with van der Waals surface area (Å²) in [6.45, 7) is 0.627. The molecule has 0 aliphatic heterocycles. The van der Waals surface area contributed by atoms with Crippen LogP contribution in [0, 0.1) is 17.5 Å². The monoisotopic (exact) mass is 402 g/mol. The van der Waals surface area contributed by atoms with Crippen molar-refractivity contribution in [2.45, 2.75) is 6.54 Å². The SMILES string of the molecule is CN(C)/C=C/C(=O)c1c(-c2c(F)cc(F)cc2F)nc2cc(CN(C)C)ccn12. The normalized spacial score (nSPS) is 11.7. The molecule has 29 heavy (non-hydrogen) atoms. The van der Waals surface area contributed by atoms with Gasteiger partial charge in [-0.2, -0.15) is 0 Å². The van der Waals surface area contributed by atoms with E-state index in [9.17, 15) is 18.0 Å². The fourth-order valence-corrected chi connectivity index (χ4v) is 3.02. The van der Waals surface area contributed by atoms with E-state index in [1.165, 1.54) is 16.7 Å². The largest absolute Gasteiger partial charge is 0.383 e. The first-order chi connectivity index (χ1) is 13.7. The van der Waals surface area contributed by atoms with Crippen molar-refractivity contribution in [1.82, 2.24) is 19.2 Å². The van der Waals surface area contributed by atoms with Crippen LogP contribution in [0.15, 0.2) is 42.7 Å². The number of allylic oxidation sites excluding steroid dienone is 1. The van der Waals surface area contributed by atoms with E-state index in [4.69, 9.17) is 0 Å². The van der Waals surface area contributed by atoms with Crippen LogP contribution in [0.3, 0.4) is 0 Å². The van der Waals surface area contributed by atoms with Gasteiger partial charge in [-0.1, -0.05) is 0 Å². The van der Waals surface area contributed by atoms with Crippen molar-refractivity contribution in [3.8, 4) is 11.3 Å². The fraction of sp³-hybridized carbons (Fsp3) is 0.238. The average molecular weight is 402 g/mol. The number of hydrogen-bond donors (Lipinski definition) is 0. The highest BCUT2D eigenvalue weighted by Crippen LogP contribution is 2.31. The summed E-state index contributed by atoms with van der Waals surface area (Å²) in [5.41, 5.74) is 0.575. The second-order valence-corrected chi connectivity index (χ2v) is 7.20. The smallest absolute Gasteiger partial charge is 0.206 e. The Balaban J connectivity index is 2.27. The highest BCUT2D eigenvalue weighted by Gasteiger charge is 2.25. The number of ketones is 1. The van der Waals surface area contributed by atoms with E-state index in [1.54, 1.807) is 31.3 Å². The molecule has 0 N–H and O–H groups in total. The van der Waals surface area contributed by atoms with Crippen LogP contribution in [-0.4, -0.2) is 53.2 Å². The molecule has 1 aromatic carbocycles. The Labute approximate surface area is 166 Å². The van der Waals surface area contributed by atoms with Crippen LogP contribution in [-0.2, 0) is 6.54 Å². The number of benzene rings is 1. The molecule has 0 radical (unpaired) electrons. The van der Waals surface area contributed by atoms with Gasteiger partial charge in [0.05, 0.1) is 5.56 Å². The van der Waals surface area contributed by atoms with Gasteiger partial charge in [0.2, 0.25) is 5.78 Å². The van der Waals surface area contributed by atoms with E-state index in [2.05, 4.69) is 4.98 Å². The molecule has 0 amide bonds. The van der Waals surface area contributed by atoms with E-state index in [1.807, 2.05) is 25.1 Å². The average Bonchev–Trinajstić information content (AvgIpc) is 2.96. The van der Waals surface area contributed by atoms with E-state index in [0.29, 0.717) is 24.3 Å². The van der Waals surface area contributed by atoms with Crippen LogP contribution in [0.1, 0.15) is 16.1 Å². The third-order valence-corrected chi connectivity index (χ3v) is 4.19. The van der Waals surface area contributed by atoms with E-state index in [0.717, 1.165) is 5.56 Å². The van der Waals surface area contributed by atoms with Crippen molar-refractivity contribution < 1.29 is 18.0 Å². The summed E-state index contributed by atoms with van der Waals surface area (Å²) in [5.74, 6) is -3.76. The van der Waals surface area contributed by atoms with Crippen molar-refractivity contribution in [2.24, 2.45) is 0 Å². The highest BCUT2D eigenvalue weighted by atomic mass is 19.1. The number of carbonyl (C=O) groups excluding carboxylic acids is 1. The van der Waals surface area contributed by atoms with Crippen molar-refractivity contribution in [3.05, 3.63) is 71.4 Å². The van der Waals surface area contributed by atoms with Crippen LogP contribution in [0.25, 0.3) is 16.9 Å². The van der Waals surface area contributed by atoms with Crippen LogP contribution in [0.2, 0.25) is 0 Å². The zero-order valence-corrected chi connectivity index (χ0v) is 16.6. The lowest BCUT2D eigenvalue weighted by Gasteiger charge is -2.10. The Morgan fingerprint density at radius 2 is 1.76 bits per heavy atom. The maximum atomic E-state index is 14.5. The number of pyridine rings is 1. The zero-order chi connectivity index (χ0) is 21.3. The predicted octanol–water partition coefficient (Wildman–Crippen LogP) is 3.74. The summed E-state index contributed by atoms with van der Waals surface area (Å²) in [4.78, 5) is 20.8. The minimum atomic E-state index is -1.12. The van der Waals surface area contributed by atoms with Crippen LogP contribution in [0.4, 0.5) is 13.2 Å². The summed E-state index contributed by atoms with van der Waals surface area (Å²) in [5, 5.41) is 0. The maximum absolute atomic E-state index is 14.5. The van der Waals surface area contributed by atoms with Gasteiger partial charge in [0.15, 0.2) is 0 Å². The lowest BCUT2D eigenvalue weighted by molar-refractivity contribution is 0.104. The quantitative estimate of drug-likeness (QED) is 0.465. The summed E-state index contributed by atoms with van der Waals surface area (Å²) in [6, 6.07) is 4.70. The topological polar surface area (TPSA) is 40.9 Å². The lowest BCUT2D eigenvalue weighted by atomic mass is 10.1. The standard InChI is InChI=1S/C21H21F3N4O/c1-26(2)7-6-17(29)21-20(19-15(23)10-14(22)11-16(19)24)25-18-9-13(12-27(3)4)5-8-28(18)21/h5-11H,12H2,1-4H3/b7-6+. The van der Waals surface area contributed by atoms with Crippen molar-refractivity contribution in [1.29, 1.82) is 0 Å². The van der Waals surface area contributed by atoms with Crippen molar-refractivity contribution in [2.75, 3.05) is 28.2 Å². The first-order valence-corrected chi connectivity index (χ1v) is 8.87. The number of halogens is 3. The summed E-state index contributed by atoms with van der Waals surface area (Å²) >= 11 is 0. The van der Waals surface area contributed by atoms with Gasteiger partial charge in [0.1, 0.15) is 34.5 Å². The number of rotatable bonds is 6. The Morgan fingerprint density at radius 3 is 2.34 bits per heavy atom. The van der Waals surface area contributed by atoms with Gasteiger partial charge in [0.25, 0.3) is 0 Å². The van der Waals surface area contributed by atoms with Crippen molar-refractivity contribution in [3.63, 3.8) is 0 Å². The Hall–Kier alpha value is -3.13. The molecule has 8 heteroatoms. The molecule has 0 bridgehead atoms. The van der Waals surface area contributed by atoms with Crippen LogP contribution in [0.5, 0.6) is 0 Å². The van der Waals surface area contributed by atoms with E-state index >= 15 is 0 Å². The summed E-state index contributed by atoms with van der Waals surface area (Å²) in [6.07, 6.45) is 4.46. The number of hydrogen-bond acceptors (Lipinski definition) is 4. The minimum Gasteiger partial charge on any atom is -0.383 e. The van der Waals surface area contributed by atoms with Gasteiger partial charge < -0.3 is 9.80 Å². The molecule has 152 valence electrons. The Bertz CT molecular complexity index is 1080. The zero-order valence-electron chi connectivity index (χ0n) is 16.6. The second-order valence-electron chi connectivity index (χ2n) is 7.20. The number of carbonyl (C=O) groups is 1. The van der Waals surface area contributed by atoms with E-state index < -0.39 is 28.8 Å². The van der Waals surface area contributed by atoms with Gasteiger partial charge in [0, 0.05) is 51.2 Å². The number of nitrogens with zero attached hydrogens (tertiary/aromatic N) is 4. The molecule has 2 heterocycles. The molecule has 3 rings (SSSR count). The number of aromatic nitrogens is 2. The second kappa shape index (κ2) is 8.08. The molecule has 0 saturated carbocycles. The molecule has 0 saturated heterocycles. The molecule has 2 aromatic heterocycles. The molecule has 3 aromatic rings. The highest BCUT2D eigenvalue weighted by molar-refractivity contribution is 6.08. The van der Waals surface area contributed by atoms with Gasteiger partial charge >= 0.3 is 0 Å². The first kappa shape index (κ1) is 20.6. The van der Waals surface area contributed by atoms with Gasteiger partial charge in [-0.3, -0.25) is 9.20 Å². The molecule has 0 spiro atoms. The molecule has 0 fully saturated rings. The molecule has 0 atom stereocenters. The van der Waals surface area contributed by atoms with Crippen molar-refractivity contribution >= 4 is 11.4 Å². The van der Waals surface area contributed by atoms with Crippen LogP contribution < -0.4 is 0 Å². The Morgan fingerprint density at radius 1 is 1.10 bits per heavy atom. The minimum absolute atomic E-state index is 0.00101. The van der Waals surface area contributed by atoms with Gasteiger partial charge in [-0.25, -0.2) is 18.2 Å². The summed E-state index contributed by atoms with van der Waals surface area (Å²) in [7, 11) is 7.30. The molecule has 5 nitrogen and oxygen atoms in total. The van der Waals surface area contributed by atoms with Gasteiger partial charge in [-0.15, -0.1) is 0 Å². The number of imidazole rings is 1. The number of fused-ring (bicyclic) bond motifs is 1. The van der Waals surface area contributed by atoms with Crippen LogP contribution >= 0.6 is 0 Å². The molecule has 0 aliphatic rings. The molecule has 0 unspecified atom stereocenters. The van der Waals surface area contributed by atoms with E-state index in [-0.39, 0.29) is 11.4 Å².